The molecule has 1 aromatic heterocycles. The summed E-state index contributed by atoms with van der Waals surface area (Å²) in [6, 6.07) is 20.2. The van der Waals surface area contributed by atoms with Gasteiger partial charge in [-0.15, -0.1) is 0 Å². The van der Waals surface area contributed by atoms with E-state index < -0.39 is 10.0 Å². The molecule has 158 valence electrons. The van der Waals surface area contributed by atoms with Crippen LogP contribution in [0.25, 0.3) is 21.8 Å². The lowest BCUT2D eigenvalue weighted by atomic mass is 10.1. The number of aromatic nitrogens is 1. The number of carbonyl (C=O) groups excluding carboxylic acids is 1. The minimum absolute atomic E-state index is 0.0771. The van der Waals surface area contributed by atoms with Crippen LogP contribution in [-0.4, -0.2) is 25.4 Å². The number of fused-ring (bicyclic) bond motifs is 3. The summed E-state index contributed by atoms with van der Waals surface area (Å²) in [5, 5.41) is 2.11. The lowest BCUT2D eigenvalue weighted by molar-refractivity contribution is -0.117. The van der Waals surface area contributed by atoms with Gasteiger partial charge in [-0.1, -0.05) is 18.2 Å². The number of hydrogen-bond acceptors (Lipinski definition) is 3. The Labute approximate surface area is 181 Å². The second kappa shape index (κ2) is 7.42. The molecule has 0 unspecified atom stereocenters. The topological polar surface area (TPSA) is 71.4 Å². The van der Waals surface area contributed by atoms with E-state index in [1.54, 1.807) is 35.2 Å². The molecule has 5 rings (SSSR count). The molecule has 1 fully saturated rings. The van der Waals surface area contributed by atoms with Crippen LogP contribution in [0.15, 0.2) is 71.6 Å². The number of sulfonamides is 1. The lowest BCUT2D eigenvalue weighted by Crippen LogP contribution is -2.23. The van der Waals surface area contributed by atoms with Gasteiger partial charge in [0.05, 0.1) is 4.90 Å². The number of para-hydroxylation sites is 1. The molecule has 0 aliphatic carbocycles. The van der Waals surface area contributed by atoms with Crippen LogP contribution in [0.4, 0.5) is 11.4 Å². The molecule has 1 saturated heterocycles. The average molecular weight is 434 g/mol. The summed E-state index contributed by atoms with van der Waals surface area (Å²) in [5.41, 5.74) is 3.46. The van der Waals surface area contributed by atoms with Crippen LogP contribution in [-0.2, 0) is 21.4 Å². The highest BCUT2D eigenvalue weighted by atomic mass is 32.2. The number of anilines is 2. The Morgan fingerprint density at radius 1 is 0.935 bits per heavy atom. The Hall–Kier alpha value is -3.32. The summed E-state index contributed by atoms with van der Waals surface area (Å²) in [4.78, 5) is 13.8. The van der Waals surface area contributed by atoms with Gasteiger partial charge in [-0.2, -0.15) is 0 Å². The molecule has 3 aromatic carbocycles. The minimum Gasteiger partial charge on any atom is -0.341 e. The van der Waals surface area contributed by atoms with Crippen LogP contribution in [0.1, 0.15) is 19.8 Å². The Morgan fingerprint density at radius 2 is 1.68 bits per heavy atom. The third-order valence-corrected chi connectivity index (χ3v) is 7.27. The molecular formula is C24H23N3O3S. The molecule has 1 aliphatic rings. The molecule has 0 atom stereocenters. The molecule has 2 heterocycles. The van der Waals surface area contributed by atoms with Crippen molar-refractivity contribution in [1.82, 2.24) is 4.57 Å². The van der Waals surface area contributed by atoms with Crippen LogP contribution >= 0.6 is 0 Å². The van der Waals surface area contributed by atoms with Crippen molar-refractivity contribution in [2.45, 2.75) is 31.2 Å². The fourth-order valence-corrected chi connectivity index (χ4v) is 5.45. The van der Waals surface area contributed by atoms with Gasteiger partial charge in [0.1, 0.15) is 0 Å². The number of benzene rings is 3. The fourth-order valence-electron chi connectivity index (χ4n) is 4.40. The second-order valence-electron chi connectivity index (χ2n) is 7.74. The highest BCUT2D eigenvalue weighted by molar-refractivity contribution is 7.92. The van der Waals surface area contributed by atoms with E-state index >= 15 is 0 Å². The molecule has 6 nitrogen and oxygen atoms in total. The third kappa shape index (κ3) is 3.35. The molecule has 7 heteroatoms. The zero-order chi connectivity index (χ0) is 21.6. The standard InChI is InChI=1S/C24H23N3O3S/c1-2-26-22-7-4-3-6-20(22)21-16-17(9-14-23(21)26)25-31(29,30)19-12-10-18(11-13-19)27-15-5-8-24(27)28/h3-4,6-7,9-14,16,25H,2,5,8,15H2,1H3. The molecule has 4 aromatic rings. The van der Waals surface area contributed by atoms with Gasteiger partial charge in [0.25, 0.3) is 10.0 Å². The van der Waals surface area contributed by atoms with E-state index in [-0.39, 0.29) is 10.8 Å². The Bertz CT molecular complexity index is 1410. The molecule has 1 amide bonds. The van der Waals surface area contributed by atoms with Crippen LogP contribution < -0.4 is 9.62 Å². The average Bonchev–Trinajstić information content (AvgIpc) is 3.34. The molecule has 31 heavy (non-hydrogen) atoms. The molecule has 0 bridgehead atoms. The quantitative estimate of drug-likeness (QED) is 0.494. The monoisotopic (exact) mass is 433 g/mol. The summed E-state index contributed by atoms with van der Waals surface area (Å²) in [7, 11) is -3.75. The third-order valence-electron chi connectivity index (χ3n) is 5.87. The van der Waals surface area contributed by atoms with E-state index in [0.717, 1.165) is 40.5 Å². The zero-order valence-electron chi connectivity index (χ0n) is 17.2. The molecule has 1 N–H and O–H groups in total. The summed E-state index contributed by atoms with van der Waals surface area (Å²) < 4.78 is 30.8. The number of nitrogens with one attached hydrogen (secondary N) is 1. The normalized spacial score (nSPS) is 14.6. The minimum atomic E-state index is -3.75. The van der Waals surface area contributed by atoms with Gasteiger partial charge in [-0.25, -0.2) is 8.42 Å². The van der Waals surface area contributed by atoms with Crippen LogP contribution in [0.5, 0.6) is 0 Å². The van der Waals surface area contributed by atoms with Crippen molar-refractivity contribution in [2.24, 2.45) is 0 Å². The van der Waals surface area contributed by atoms with E-state index in [1.165, 1.54) is 0 Å². The molecule has 0 saturated carbocycles. The first-order valence-corrected chi connectivity index (χ1v) is 11.9. The molecule has 1 aliphatic heterocycles. The Morgan fingerprint density at radius 3 is 2.39 bits per heavy atom. The fraction of sp³-hybridized carbons (Fsp3) is 0.208. The largest absolute Gasteiger partial charge is 0.341 e. The predicted molar refractivity (Wildman–Crippen MR) is 124 cm³/mol. The highest BCUT2D eigenvalue weighted by Crippen LogP contribution is 2.32. The highest BCUT2D eigenvalue weighted by Gasteiger charge is 2.22. The number of aryl methyl sites for hydroxylation is 1. The smallest absolute Gasteiger partial charge is 0.261 e. The maximum Gasteiger partial charge on any atom is 0.261 e. The first kappa shape index (κ1) is 19.6. The SMILES string of the molecule is CCn1c2ccccc2c2cc(NS(=O)(=O)c3ccc(N4CCCC4=O)cc3)ccc21. The number of nitrogens with zero attached hydrogens (tertiary/aromatic N) is 2. The van der Waals surface area contributed by atoms with Crippen molar-refractivity contribution in [2.75, 3.05) is 16.2 Å². The van der Waals surface area contributed by atoms with Crippen molar-refractivity contribution in [3.63, 3.8) is 0 Å². The maximum absolute atomic E-state index is 13.0. The summed E-state index contributed by atoms with van der Waals surface area (Å²) in [5.74, 6) is 0.0771. The lowest BCUT2D eigenvalue weighted by Gasteiger charge is -2.16. The van der Waals surface area contributed by atoms with Gasteiger partial charge in [-0.05, 0) is 61.9 Å². The summed E-state index contributed by atoms with van der Waals surface area (Å²) in [6.45, 7) is 3.61. The first-order chi connectivity index (χ1) is 15.0. The zero-order valence-corrected chi connectivity index (χ0v) is 18.0. The van der Waals surface area contributed by atoms with Gasteiger partial charge >= 0.3 is 0 Å². The van der Waals surface area contributed by atoms with Crippen LogP contribution in [0.3, 0.4) is 0 Å². The van der Waals surface area contributed by atoms with Gasteiger partial charge in [0.15, 0.2) is 0 Å². The Kier molecular flexibility index (Phi) is 4.70. The van der Waals surface area contributed by atoms with E-state index in [4.69, 9.17) is 0 Å². The van der Waals surface area contributed by atoms with E-state index in [2.05, 4.69) is 28.3 Å². The number of carbonyl (C=O) groups is 1. The summed E-state index contributed by atoms with van der Waals surface area (Å²) >= 11 is 0. The molecule has 0 radical (unpaired) electrons. The predicted octanol–water partition coefficient (Wildman–Crippen LogP) is 4.74. The van der Waals surface area contributed by atoms with E-state index in [9.17, 15) is 13.2 Å². The second-order valence-corrected chi connectivity index (χ2v) is 9.42. The van der Waals surface area contributed by atoms with Crippen LogP contribution in [0.2, 0.25) is 0 Å². The van der Waals surface area contributed by atoms with Gasteiger partial charge in [-0.3, -0.25) is 9.52 Å². The summed E-state index contributed by atoms with van der Waals surface area (Å²) in [6.07, 6.45) is 1.37. The Balaban J connectivity index is 1.47. The number of hydrogen-bond donors (Lipinski definition) is 1. The van der Waals surface area contributed by atoms with Crippen molar-refractivity contribution in [3.05, 3.63) is 66.7 Å². The number of amides is 1. The van der Waals surface area contributed by atoms with Crippen LogP contribution in [0, 0.1) is 0 Å². The number of rotatable bonds is 5. The van der Waals surface area contributed by atoms with Crippen molar-refractivity contribution in [1.29, 1.82) is 0 Å². The van der Waals surface area contributed by atoms with Gasteiger partial charge in [0, 0.05) is 52.7 Å². The van der Waals surface area contributed by atoms with Gasteiger partial charge in [0.2, 0.25) is 5.91 Å². The molecule has 0 spiro atoms. The van der Waals surface area contributed by atoms with Crippen molar-refractivity contribution >= 4 is 49.1 Å². The van der Waals surface area contributed by atoms with E-state index in [0.29, 0.717) is 18.7 Å². The van der Waals surface area contributed by atoms with E-state index in [1.807, 2.05) is 24.3 Å². The van der Waals surface area contributed by atoms with Crippen molar-refractivity contribution in [3.8, 4) is 0 Å². The first-order valence-electron chi connectivity index (χ1n) is 10.4. The molecular weight excluding hydrogens is 410 g/mol. The van der Waals surface area contributed by atoms with Gasteiger partial charge < -0.3 is 9.47 Å². The maximum atomic E-state index is 13.0. The van der Waals surface area contributed by atoms with Crippen molar-refractivity contribution < 1.29 is 13.2 Å².